The van der Waals surface area contributed by atoms with Crippen LogP contribution in [0.3, 0.4) is 0 Å². The molecule has 0 saturated heterocycles. The minimum Gasteiger partial charge on any atom is -0.463 e. The van der Waals surface area contributed by atoms with Crippen molar-refractivity contribution in [1.29, 1.82) is 0 Å². The Morgan fingerprint density at radius 3 is 1.82 bits per heavy atom. The number of aliphatic hydroxyl groups excluding tert-OH is 3. The molecule has 10 heteroatoms. The van der Waals surface area contributed by atoms with Crippen LogP contribution in [0.1, 0.15) is 84.0 Å². The molecule has 0 amide bonds. The molecule has 0 aliphatic carbocycles. The maximum atomic E-state index is 11.8. The topological polar surface area (TPSA) is 143 Å². The van der Waals surface area contributed by atoms with Gasteiger partial charge in [-0.1, -0.05) is 81.2 Å². The standard InChI is InChI=1S/C28H49O9P/c1-2-3-4-5-6-7-8-9-10-11-12-13-14-15-16-17-18-19-20-21-28(32)35-23-27(31)25-37-38(33,34)36-24-26(30)22-29/h3-4,6-7,9-10,12-13,26-27,29-31H,2,5,8,11,14-25H2,1H3,(H,33,34)/b4-3-,7-6-,10-9-,13-12-. The van der Waals surface area contributed by atoms with Crippen molar-refractivity contribution in [1.82, 2.24) is 0 Å². The van der Waals surface area contributed by atoms with Crippen LogP contribution in [0.15, 0.2) is 48.6 Å². The highest BCUT2D eigenvalue weighted by atomic mass is 31.2. The molecule has 0 radical (unpaired) electrons. The van der Waals surface area contributed by atoms with E-state index >= 15 is 0 Å². The van der Waals surface area contributed by atoms with Gasteiger partial charge in [0.25, 0.3) is 0 Å². The Morgan fingerprint density at radius 1 is 0.737 bits per heavy atom. The van der Waals surface area contributed by atoms with Crippen molar-refractivity contribution < 1.29 is 43.4 Å². The van der Waals surface area contributed by atoms with Crippen LogP contribution >= 0.6 is 7.82 Å². The Hall–Kier alpha value is -1.58. The monoisotopic (exact) mass is 560 g/mol. The van der Waals surface area contributed by atoms with Crippen LogP contribution in [0.4, 0.5) is 0 Å². The molecular formula is C28H49O9P. The number of ether oxygens (including phenoxy) is 1. The molecular weight excluding hydrogens is 511 g/mol. The Morgan fingerprint density at radius 2 is 1.24 bits per heavy atom. The van der Waals surface area contributed by atoms with Crippen molar-refractivity contribution in [3.05, 3.63) is 48.6 Å². The first-order chi connectivity index (χ1) is 18.3. The summed E-state index contributed by atoms with van der Waals surface area (Å²) in [6.07, 6.45) is 26.5. The number of hydrogen-bond acceptors (Lipinski definition) is 8. The molecule has 0 aromatic heterocycles. The summed E-state index contributed by atoms with van der Waals surface area (Å²) in [6, 6.07) is 0. The fourth-order valence-electron chi connectivity index (χ4n) is 3.10. The summed E-state index contributed by atoms with van der Waals surface area (Å²) in [5, 5.41) is 27.5. The molecule has 38 heavy (non-hydrogen) atoms. The predicted molar refractivity (Wildman–Crippen MR) is 149 cm³/mol. The minimum atomic E-state index is -4.49. The zero-order valence-corrected chi connectivity index (χ0v) is 23.8. The van der Waals surface area contributed by atoms with Gasteiger partial charge in [-0.2, -0.15) is 0 Å². The molecule has 0 heterocycles. The number of rotatable bonds is 25. The highest BCUT2D eigenvalue weighted by Gasteiger charge is 2.24. The number of unbranched alkanes of at least 4 members (excludes halogenated alkanes) is 6. The summed E-state index contributed by atoms with van der Waals surface area (Å²) in [5.74, 6) is -0.446. The van der Waals surface area contributed by atoms with Crippen LogP contribution in [0, 0.1) is 0 Å². The maximum absolute atomic E-state index is 11.8. The maximum Gasteiger partial charge on any atom is 0.472 e. The fourth-order valence-corrected chi connectivity index (χ4v) is 3.89. The van der Waals surface area contributed by atoms with Gasteiger partial charge in [-0.05, 0) is 44.9 Å². The van der Waals surface area contributed by atoms with Crippen molar-refractivity contribution in [3.63, 3.8) is 0 Å². The van der Waals surface area contributed by atoms with E-state index in [4.69, 9.17) is 14.9 Å². The van der Waals surface area contributed by atoms with Gasteiger partial charge < -0.3 is 24.9 Å². The van der Waals surface area contributed by atoms with E-state index in [0.717, 1.165) is 64.2 Å². The van der Waals surface area contributed by atoms with Crippen LogP contribution in [0.2, 0.25) is 0 Å². The lowest BCUT2D eigenvalue weighted by atomic mass is 10.1. The molecule has 9 nitrogen and oxygen atoms in total. The molecule has 0 saturated carbocycles. The highest BCUT2D eigenvalue weighted by molar-refractivity contribution is 7.47. The van der Waals surface area contributed by atoms with Gasteiger partial charge in [0.05, 0.1) is 19.8 Å². The lowest BCUT2D eigenvalue weighted by Crippen LogP contribution is -2.24. The molecule has 4 N–H and O–H groups in total. The Kier molecular flexibility index (Phi) is 24.6. The summed E-state index contributed by atoms with van der Waals surface area (Å²) >= 11 is 0. The smallest absolute Gasteiger partial charge is 0.463 e. The molecule has 0 rings (SSSR count). The molecule has 220 valence electrons. The normalized spacial score (nSPS) is 15.6. The van der Waals surface area contributed by atoms with Gasteiger partial charge in [0.2, 0.25) is 0 Å². The molecule has 0 aliphatic heterocycles. The van der Waals surface area contributed by atoms with E-state index in [1.54, 1.807) is 0 Å². The van der Waals surface area contributed by atoms with Crippen LogP contribution in [0.5, 0.6) is 0 Å². The molecule has 0 spiro atoms. The molecule has 3 unspecified atom stereocenters. The zero-order chi connectivity index (χ0) is 28.3. The first-order valence-electron chi connectivity index (χ1n) is 13.6. The largest absolute Gasteiger partial charge is 0.472 e. The number of esters is 1. The third-order valence-electron chi connectivity index (χ3n) is 5.23. The Balaban J connectivity index is 3.60. The summed E-state index contributed by atoms with van der Waals surface area (Å²) in [5.41, 5.74) is 0. The second-order valence-corrected chi connectivity index (χ2v) is 10.3. The van der Waals surface area contributed by atoms with Crippen molar-refractivity contribution in [2.45, 2.75) is 96.2 Å². The van der Waals surface area contributed by atoms with Gasteiger partial charge in [-0.3, -0.25) is 13.8 Å². The van der Waals surface area contributed by atoms with Gasteiger partial charge in [0.15, 0.2) is 0 Å². The summed E-state index contributed by atoms with van der Waals surface area (Å²) < 4.78 is 25.5. The van der Waals surface area contributed by atoms with Crippen molar-refractivity contribution in [2.24, 2.45) is 0 Å². The van der Waals surface area contributed by atoms with Crippen LogP contribution in [0.25, 0.3) is 0 Å². The van der Waals surface area contributed by atoms with Gasteiger partial charge in [0.1, 0.15) is 18.8 Å². The summed E-state index contributed by atoms with van der Waals surface area (Å²) in [6.45, 7) is -0.0450. The SMILES string of the molecule is CC/C=C\C/C=C\C/C=C\C/C=C\CCCCCCCCC(=O)OCC(O)COP(=O)(O)OCC(O)CO. The molecule has 0 aliphatic rings. The first-order valence-corrected chi connectivity index (χ1v) is 15.1. The first kappa shape index (κ1) is 36.4. The number of phosphoric acid groups is 1. The third-order valence-corrected chi connectivity index (χ3v) is 6.18. The highest BCUT2D eigenvalue weighted by Crippen LogP contribution is 2.43. The van der Waals surface area contributed by atoms with Gasteiger partial charge in [-0.25, -0.2) is 4.57 Å². The van der Waals surface area contributed by atoms with Crippen molar-refractivity contribution >= 4 is 13.8 Å². The lowest BCUT2D eigenvalue weighted by molar-refractivity contribution is -0.147. The van der Waals surface area contributed by atoms with Crippen LogP contribution < -0.4 is 0 Å². The zero-order valence-electron chi connectivity index (χ0n) is 22.9. The van der Waals surface area contributed by atoms with E-state index in [-0.39, 0.29) is 13.0 Å². The lowest BCUT2D eigenvalue weighted by Gasteiger charge is -2.16. The molecule has 0 fully saturated rings. The Bertz CT molecular complexity index is 734. The molecule has 0 bridgehead atoms. The van der Waals surface area contributed by atoms with E-state index in [1.165, 1.54) is 0 Å². The van der Waals surface area contributed by atoms with Crippen molar-refractivity contribution in [3.8, 4) is 0 Å². The second-order valence-electron chi connectivity index (χ2n) is 8.89. The van der Waals surface area contributed by atoms with E-state index in [9.17, 15) is 19.4 Å². The van der Waals surface area contributed by atoms with E-state index < -0.39 is 45.8 Å². The third kappa shape index (κ3) is 26.0. The summed E-state index contributed by atoms with van der Waals surface area (Å²) in [7, 11) is -4.49. The fraction of sp³-hybridized carbons (Fsp3) is 0.679. The molecule has 3 atom stereocenters. The van der Waals surface area contributed by atoms with Crippen LogP contribution in [-0.4, -0.2) is 64.8 Å². The average molecular weight is 561 g/mol. The van der Waals surface area contributed by atoms with Crippen LogP contribution in [-0.2, 0) is 23.1 Å². The van der Waals surface area contributed by atoms with Gasteiger partial charge >= 0.3 is 13.8 Å². The van der Waals surface area contributed by atoms with E-state index in [2.05, 4.69) is 64.6 Å². The number of carbonyl (C=O) groups excluding carboxylic acids is 1. The van der Waals surface area contributed by atoms with E-state index in [1.807, 2.05) is 0 Å². The number of phosphoric ester groups is 1. The number of hydrogen-bond donors (Lipinski definition) is 4. The number of aliphatic hydroxyl groups is 3. The van der Waals surface area contributed by atoms with Gasteiger partial charge in [0, 0.05) is 6.42 Å². The molecule has 0 aromatic carbocycles. The summed E-state index contributed by atoms with van der Waals surface area (Å²) in [4.78, 5) is 21.2. The minimum absolute atomic E-state index is 0.246. The number of allylic oxidation sites excluding steroid dienone is 8. The predicted octanol–water partition coefficient (Wildman–Crippen LogP) is 5.30. The Labute approximate surface area is 228 Å². The number of carbonyl (C=O) groups is 1. The molecule has 0 aromatic rings. The van der Waals surface area contributed by atoms with Gasteiger partial charge in [-0.15, -0.1) is 0 Å². The second kappa shape index (κ2) is 25.7. The average Bonchev–Trinajstić information content (AvgIpc) is 2.90. The van der Waals surface area contributed by atoms with E-state index in [0.29, 0.717) is 6.42 Å². The van der Waals surface area contributed by atoms with Crippen molar-refractivity contribution in [2.75, 3.05) is 26.4 Å². The quantitative estimate of drug-likeness (QED) is 0.0506.